The number of anilines is 2. The van der Waals surface area contributed by atoms with Gasteiger partial charge < -0.3 is 21.2 Å². The number of benzene rings is 1. The Morgan fingerprint density at radius 2 is 2.29 bits per heavy atom. The van der Waals surface area contributed by atoms with Gasteiger partial charge in [0.1, 0.15) is 5.52 Å². The number of carbonyl (C=O) groups is 1. The van der Waals surface area contributed by atoms with E-state index in [9.17, 15) is 4.79 Å². The Morgan fingerprint density at radius 3 is 3.06 bits per heavy atom. The minimum absolute atomic E-state index is 0.308. The SMILES string of the molecule is NC(=O)CCCNc1nc2ccc(N)cc2o1. The summed E-state index contributed by atoms with van der Waals surface area (Å²) in [7, 11) is 0. The Labute approximate surface area is 98.0 Å². The molecule has 0 radical (unpaired) electrons. The number of nitrogens with two attached hydrogens (primary N) is 2. The summed E-state index contributed by atoms with van der Waals surface area (Å²) in [6.45, 7) is 0.589. The molecule has 0 saturated heterocycles. The quantitative estimate of drug-likeness (QED) is 0.530. The summed E-state index contributed by atoms with van der Waals surface area (Å²) >= 11 is 0. The number of nitrogen functional groups attached to an aromatic ring is 1. The fraction of sp³-hybridized carbons (Fsp3) is 0.273. The molecule has 0 saturated carbocycles. The Hall–Kier alpha value is -2.24. The lowest BCUT2D eigenvalue weighted by atomic mass is 10.3. The van der Waals surface area contributed by atoms with Gasteiger partial charge in [-0.05, 0) is 18.6 Å². The smallest absolute Gasteiger partial charge is 0.295 e. The molecular weight excluding hydrogens is 220 g/mol. The third-order valence-corrected chi connectivity index (χ3v) is 2.29. The fourth-order valence-electron chi connectivity index (χ4n) is 1.47. The average Bonchev–Trinajstić information content (AvgIpc) is 2.66. The predicted molar refractivity (Wildman–Crippen MR) is 65.3 cm³/mol. The average molecular weight is 234 g/mol. The number of primary amides is 1. The molecule has 0 spiro atoms. The van der Waals surface area contributed by atoms with Crippen molar-refractivity contribution in [2.75, 3.05) is 17.6 Å². The highest BCUT2D eigenvalue weighted by Crippen LogP contribution is 2.20. The van der Waals surface area contributed by atoms with Crippen LogP contribution in [-0.4, -0.2) is 17.4 Å². The topological polar surface area (TPSA) is 107 Å². The molecule has 90 valence electrons. The first-order valence-electron chi connectivity index (χ1n) is 5.33. The van der Waals surface area contributed by atoms with E-state index in [1.165, 1.54) is 0 Å². The zero-order chi connectivity index (χ0) is 12.3. The van der Waals surface area contributed by atoms with Crippen LogP contribution >= 0.6 is 0 Å². The van der Waals surface area contributed by atoms with Crippen molar-refractivity contribution in [2.24, 2.45) is 5.73 Å². The molecule has 5 N–H and O–H groups in total. The van der Waals surface area contributed by atoms with Gasteiger partial charge in [-0.15, -0.1) is 0 Å². The van der Waals surface area contributed by atoms with Crippen LogP contribution in [0.4, 0.5) is 11.7 Å². The third-order valence-electron chi connectivity index (χ3n) is 2.29. The minimum Gasteiger partial charge on any atom is -0.423 e. The van der Waals surface area contributed by atoms with Gasteiger partial charge in [-0.2, -0.15) is 4.98 Å². The van der Waals surface area contributed by atoms with Crippen LogP contribution in [0, 0.1) is 0 Å². The molecule has 17 heavy (non-hydrogen) atoms. The highest BCUT2D eigenvalue weighted by Gasteiger charge is 2.05. The van der Waals surface area contributed by atoms with Crippen molar-refractivity contribution in [2.45, 2.75) is 12.8 Å². The van der Waals surface area contributed by atoms with E-state index >= 15 is 0 Å². The summed E-state index contributed by atoms with van der Waals surface area (Å²) in [5, 5.41) is 2.98. The molecule has 6 nitrogen and oxygen atoms in total. The molecule has 0 aliphatic heterocycles. The first-order valence-corrected chi connectivity index (χ1v) is 5.33. The fourth-order valence-corrected chi connectivity index (χ4v) is 1.47. The molecule has 2 rings (SSSR count). The van der Waals surface area contributed by atoms with Crippen LogP contribution in [0.15, 0.2) is 22.6 Å². The summed E-state index contributed by atoms with van der Waals surface area (Å²) in [5.41, 5.74) is 12.7. The lowest BCUT2D eigenvalue weighted by Crippen LogP contribution is -2.12. The molecule has 1 aromatic carbocycles. The third kappa shape index (κ3) is 2.87. The van der Waals surface area contributed by atoms with Crippen LogP contribution in [0.25, 0.3) is 11.1 Å². The highest BCUT2D eigenvalue weighted by atomic mass is 16.4. The molecule has 0 aliphatic carbocycles. The number of oxazole rings is 1. The van der Waals surface area contributed by atoms with Crippen LogP contribution < -0.4 is 16.8 Å². The first-order chi connectivity index (χ1) is 8.15. The van der Waals surface area contributed by atoms with Gasteiger partial charge in [0, 0.05) is 24.7 Å². The van der Waals surface area contributed by atoms with Crippen LogP contribution in [0.3, 0.4) is 0 Å². The number of fused-ring (bicyclic) bond motifs is 1. The van der Waals surface area contributed by atoms with E-state index in [4.69, 9.17) is 15.9 Å². The second-order valence-electron chi connectivity index (χ2n) is 3.74. The molecule has 0 aliphatic rings. The number of amides is 1. The number of nitrogens with one attached hydrogen (secondary N) is 1. The molecule has 0 unspecified atom stereocenters. The Morgan fingerprint density at radius 1 is 1.47 bits per heavy atom. The predicted octanol–water partition coefficient (Wildman–Crippen LogP) is 1.09. The molecule has 1 heterocycles. The lowest BCUT2D eigenvalue weighted by molar-refractivity contribution is -0.118. The van der Waals surface area contributed by atoms with Crippen LogP contribution in [0.5, 0.6) is 0 Å². The molecule has 0 bridgehead atoms. The molecular formula is C11H14N4O2. The van der Waals surface area contributed by atoms with Crippen LogP contribution in [0.1, 0.15) is 12.8 Å². The summed E-state index contributed by atoms with van der Waals surface area (Å²) < 4.78 is 5.44. The number of nitrogens with zero attached hydrogens (tertiary/aromatic N) is 1. The zero-order valence-electron chi connectivity index (χ0n) is 9.27. The van der Waals surface area contributed by atoms with Gasteiger partial charge in [-0.1, -0.05) is 0 Å². The van der Waals surface area contributed by atoms with Crippen molar-refractivity contribution in [1.29, 1.82) is 0 Å². The Balaban J connectivity index is 1.97. The van der Waals surface area contributed by atoms with Crippen molar-refractivity contribution in [3.8, 4) is 0 Å². The Bertz CT molecular complexity index is 535. The molecule has 0 fully saturated rings. The largest absolute Gasteiger partial charge is 0.423 e. The van der Waals surface area contributed by atoms with Crippen molar-refractivity contribution in [1.82, 2.24) is 4.98 Å². The molecule has 0 atom stereocenters. The van der Waals surface area contributed by atoms with Gasteiger partial charge >= 0.3 is 0 Å². The van der Waals surface area contributed by atoms with Gasteiger partial charge in [-0.3, -0.25) is 4.79 Å². The minimum atomic E-state index is -0.308. The van der Waals surface area contributed by atoms with Crippen molar-refractivity contribution in [3.63, 3.8) is 0 Å². The van der Waals surface area contributed by atoms with Crippen LogP contribution in [0.2, 0.25) is 0 Å². The summed E-state index contributed by atoms with van der Waals surface area (Å²) in [5.74, 6) is -0.308. The number of aromatic nitrogens is 1. The van der Waals surface area contributed by atoms with Crippen molar-refractivity contribution in [3.05, 3.63) is 18.2 Å². The van der Waals surface area contributed by atoms with E-state index in [0.717, 1.165) is 5.52 Å². The second kappa shape index (κ2) is 4.73. The van der Waals surface area contributed by atoms with Gasteiger partial charge in [0.2, 0.25) is 5.91 Å². The Kier molecular flexibility index (Phi) is 3.13. The van der Waals surface area contributed by atoms with E-state index in [-0.39, 0.29) is 5.91 Å². The van der Waals surface area contributed by atoms with Gasteiger partial charge in [-0.25, -0.2) is 0 Å². The maximum atomic E-state index is 10.5. The summed E-state index contributed by atoms with van der Waals surface area (Å²) in [6, 6.07) is 5.71. The van der Waals surface area contributed by atoms with E-state index in [0.29, 0.717) is 36.7 Å². The molecule has 6 heteroatoms. The van der Waals surface area contributed by atoms with Gasteiger partial charge in [0.05, 0.1) is 0 Å². The number of rotatable bonds is 5. The maximum Gasteiger partial charge on any atom is 0.295 e. The van der Waals surface area contributed by atoms with E-state index in [1.54, 1.807) is 18.2 Å². The lowest BCUT2D eigenvalue weighted by Gasteiger charge is -1.98. The zero-order valence-corrected chi connectivity index (χ0v) is 9.27. The second-order valence-corrected chi connectivity index (χ2v) is 3.74. The van der Waals surface area contributed by atoms with Gasteiger partial charge in [0.25, 0.3) is 6.01 Å². The molecule has 2 aromatic rings. The maximum absolute atomic E-state index is 10.5. The van der Waals surface area contributed by atoms with Crippen molar-refractivity contribution >= 4 is 28.7 Å². The molecule has 1 aromatic heterocycles. The summed E-state index contributed by atoms with van der Waals surface area (Å²) in [4.78, 5) is 14.8. The van der Waals surface area contributed by atoms with E-state index in [1.807, 2.05) is 0 Å². The summed E-state index contributed by atoms with van der Waals surface area (Å²) in [6.07, 6.45) is 0.996. The van der Waals surface area contributed by atoms with Crippen LogP contribution in [-0.2, 0) is 4.79 Å². The van der Waals surface area contributed by atoms with Gasteiger partial charge in [0.15, 0.2) is 5.58 Å². The normalized spacial score (nSPS) is 10.6. The monoisotopic (exact) mass is 234 g/mol. The first kappa shape index (κ1) is 11.3. The molecule has 1 amide bonds. The number of hydrogen-bond acceptors (Lipinski definition) is 5. The number of carbonyl (C=O) groups excluding carboxylic acids is 1. The van der Waals surface area contributed by atoms with E-state index in [2.05, 4.69) is 10.3 Å². The van der Waals surface area contributed by atoms with E-state index < -0.39 is 0 Å². The standard InChI is InChI=1S/C11H14N4O2/c12-7-3-4-8-9(6-7)17-11(15-8)14-5-1-2-10(13)16/h3-4,6H,1-2,5,12H2,(H2,13,16)(H,14,15). The van der Waals surface area contributed by atoms with Crippen molar-refractivity contribution < 1.29 is 9.21 Å². The highest BCUT2D eigenvalue weighted by molar-refractivity contribution is 5.78. The number of hydrogen-bond donors (Lipinski definition) is 3.